The van der Waals surface area contributed by atoms with Crippen LogP contribution in [0.25, 0.3) is 11.4 Å². The molecular formula is C16H12F2N4O3. The summed E-state index contributed by atoms with van der Waals surface area (Å²) in [4.78, 5) is 27.7. The number of anilines is 1. The van der Waals surface area contributed by atoms with Crippen LogP contribution in [-0.2, 0) is 7.05 Å². The Morgan fingerprint density at radius 3 is 2.60 bits per heavy atom. The molecule has 0 aliphatic heterocycles. The van der Waals surface area contributed by atoms with Crippen molar-refractivity contribution in [2.24, 2.45) is 7.05 Å². The van der Waals surface area contributed by atoms with Crippen molar-refractivity contribution < 1.29 is 18.1 Å². The van der Waals surface area contributed by atoms with Gasteiger partial charge in [-0.05, 0) is 24.3 Å². The maximum absolute atomic E-state index is 12.5. The van der Waals surface area contributed by atoms with Gasteiger partial charge in [0, 0.05) is 24.4 Å². The second-order valence-corrected chi connectivity index (χ2v) is 5.13. The zero-order valence-corrected chi connectivity index (χ0v) is 12.9. The Hall–Kier alpha value is -3.36. The highest BCUT2D eigenvalue weighted by atomic mass is 19.3. The number of halogens is 2. The predicted octanol–water partition coefficient (Wildman–Crippen LogP) is 2.63. The second kappa shape index (κ2) is 6.63. The quantitative estimate of drug-likeness (QED) is 0.784. The van der Waals surface area contributed by atoms with Gasteiger partial charge in [0.2, 0.25) is 5.82 Å². The highest BCUT2D eigenvalue weighted by Crippen LogP contribution is 2.21. The van der Waals surface area contributed by atoms with E-state index in [0.717, 1.165) is 0 Å². The lowest BCUT2D eigenvalue weighted by molar-refractivity contribution is 0.102. The molecule has 2 heterocycles. The van der Waals surface area contributed by atoms with Crippen molar-refractivity contribution >= 4 is 11.6 Å². The Bertz CT molecular complexity index is 964. The van der Waals surface area contributed by atoms with Gasteiger partial charge in [-0.1, -0.05) is 17.3 Å². The molecule has 0 saturated heterocycles. The third-order valence-electron chi connectivity index (χ3n) is 3.41. The van der Waals surface area contributed by atoms with E-state index in [1.807, 2.05) is 0 Å². The number of pyridine rings is 1. The molecule has 1 N–H and O–H groups in total. The van der Waals surface area contributed by atoms with Crippen LogP contribution in [0, 0.1) is 0 Å². The van der Waals surface area contributed by atoms with E-state index in [9.17, 15) is 18.4 Å². The Balaban J connectivity index is 1.78. The van der Waals surface area contributed by atoms with Gasteiger partial charge in [-0.3, -0.25) is 9.59 Å². The molecule has 25 heavy (non-hydrogen) atoms. The van der Waals surface area contributed by atoms with Gasteiger partial charge in [0.05, 0.1) is 0 Å². The number of nitrogens with one attached hydrogen (secondary N) is 1. The molecule has 1 amide bonds. The summed E-state index contributed by atoms with van der Waals surface area (Å²) in [5, 5.41) is 5.98. The number of carbonyl (C=O) groups is 1. The molecule has 0 radical (unpaired) electrons. The topological polar surface area (TPSA) is 90.0 Å². The zero-order chi connectivity index (χ0) is 18.0. The second-order valence-electron chi connectivity index (χ2n) is 5.13. The van der Waals surface area contributed by atoms with Gasteiger partial charge in [0.15, 0.2) is 0 Å². The minimum absolute atomic E-state index is 0.000753. The lowest BCUT2D eigenvalue weighted by Crippen LogP contribution is -2.23. The first-order valence-corrected chi connectivity index (χ1v) is 7.15. The van der Waals surface area contributed by atoms with Gasteiger partial charge < -0.3 is 14.4 Å². The molecule has 7 nitrogen and oxygen atoms in total. The van der Waals surface area contributed by atoms with Crippen LogP contribution in [0.3, 0.4) is 0 Å². The van der Waals surface area contributed by atoms with Crippen molar-refractivity contribution in [1.82, 2.24) is 14.7 Å². The number of aryl methyl sites for hydroxylation is 1. The minimum Gasteiger partial charge on any atom is -0.333 e. The molecule has 3 rings (SSSR count). The number of carbonyl (C=O) groups excluding carboxylic acids is 1. The molecule has 0 aliphatic rings. The van der Waals surface area contributed by atoms with Crippen LogP contribution in [0.2, 0.25) is 0 Å². The summed E-state index contributed by atoms with van der Waals surface area (Å²) in [7, 11) is 1.57. The first kappa shape index (κ1) is 16.5. The lowest BCUT2D eigenvalue weighted by Gasteiger charge is -2.06. The Labute approximate surface area is 139 Å². The van der Waals surface area contributed by atoms with Gasteiger partial charge in [0.1, 0.15) is 5.69 Å². The third-order valence-corrected chi connectivity index (χ3v) is 3.41. The predicted molar refractivity (Wildman–Crippen MR) is 84.3 cm³/mol. The highest BCUT2D eigenvalue weighted by molar-refractivity contribution is 6.04. The first-order chi connectivity index (χ1) is 12.0. The molecule has 0 atom stereocenters. The lowest BCUT2D eigenvalue weighted by atomic mass is 10.1. The van der Waals surface area contributed by atoms with E-state index in [1.165, 1.54) is 34.9 Å². The Kier molecular flexibility index (Phi) is 4.38. The smallest absolute Gasteiger partial charge is 0.315 e. The minimum atomic E-state index is -2.85. The van der Waals surface area contributed by atoms with E-state index in [1.54, 1.807) is 19.3 Å². The van der Waals surface area contributed by atoms with Crippen molar-refractivity contribution in [3.05, 3.63) is 64.4 Å². The molecule has 0 aliphatic carbocycles. The van der Waals surface area contributed by atoms with E-state index >= 15 is 0 Å². The number of amides is 1. The summed E-state index contributed by atoms with van der Waals surface area (Å²) < 4.78 is 30.7. The van der Waals surface area contributed by atoms with Crippen molar-refractivity contribution in [2.45, 2.75) is 6.43 Å². The van der Waals surface area contributed by atoms with Crippen LogP contribution in [0.15, 0.2) is 51.9 Å². The maximum Gasteiger partial charge on any atom is 0.315 e. The number of benzene rings is 1. The summed E-state index contributed by atoms with van der Waals surface area (Å²) in [5.74, 6) is -1.24. The van der Waals surface area contributed by atoms with Crippen molar-refractivity contribution in [1.29, 1.82) is 0 Å². The molecule has 9 heteroatoms. The first-order valence-electron chi connectivity index (χ1n) is 7.15. The fraction of sp³-hybridized carbons (Fsp3) is 0.125. The summed E-state index contributed by atoms with van der Waals surface area (Å²) in [6, 6.07) is 9.07. The summed E-state index contributed by atoms with van der Waals surface area (Å²) in [5.41, 5.74) is 0.521. The molecule has 0 unspecified atom stereocenters. The number of alkyl halides is 2. The standard InChI is InChI=1S/C16H12F2N4O3/c1-22-8-2-3-11(16(22)24)19-14(23)10-6-4-9(5-7-10)13-20-15(12(17)18)25-21-13/h2-8,12H,1H3,(H,19,23). The molecule has 0 bridgehead atoms. The summed E-state index contributed by atoms with van der Waals surface area (Å²) >= 11 is 0. The van der Waals surface area contributed by atoms with Crippen LogP contribution >= 0.6 is 0 Å². The van der Waals surface area contributed by atoms with Crippen molar-refractivity contribution in [2.75, 3.05) is 5.32 Å². The number of hydrogen-bond donors (Lipinski definition) is 1. The van der Waals surface area contributed by atoms with Crippen LogP contribution < -0.4 is 10.9 Å². The van der Waals surface area contributed by atoms with Crippen LogP contribution in [-0.4, -0.2) is 20.6 Å². The van der Waals surface area contributed by atoms with Crippen molar-refractivity contribution in [3.8, 4) is 11.4 Å². The SMILES string of the molecule is Cn1cccc(NC(=O)c2ccc(-c3noc(C(F)F)n3)cc2)c1=O. The van der Waals surface area contributed by atoms with Gasteiger partial charge in [-0.2, -0.15) is 13.8 Å². The molecule has 3 aromatic rings. The fourth-order valence-electron chi connectivity index (χ4n) is 2.10. The van der Waals surface area contributed by atoms with E-state index in [0.29, 0.717) is 5.56 Å². The highest BCUT2D eigenvalue weighted by Gasteiger charge is 2.17. The number of aromatic nitrogens is 3. The fourth-order valence-corrected chi connectivity index (χ4v) is 2.10. The number of hydrogen-bond acceptors (Lipinski definition) is 5. The molecule has 0 fully saturated rings. The average Bonchev–Trinajstić information content (AvgIpc) is 3.09. The van der Waals surface area contributed by atoms with Crippen molar-refractivity contribution in [3.63, 3.8) is 0 Å². The summed E-state index contributed by atoms with van der Waals surface area (Å²) in [6.07, 6.45) is -1.27. The van der Waals surface area contributed by atoms with E-state index in [-0.39, 0.29) is 22.6 Å². The normalized spacial score (nSPS) is 10.9. The van der Waals surface area contributed by atoms with Crippen LogP contribution in [0.1, 0.15) is 22.7 Å². The Morgan fingerprint density at radius 1 is 1.24 bits per heavy atom. The third kappa shape index (κ3) is 3.44. The summed E-state index contributed by atoms with van der Waals surface area (Å²) in [6.45, 7) is 0. The molecular weight excluding hydrogens is 334 g/mol. The number of rotatable bonds is 4. The largest absolute Gasteiger partial charge is 0.333 e. The van der Waals surface area contributed by atoms with E-state index < -0.39 is 18.2 Å². The molecule has 2 aromatic heterocycles. The zero-order valence-electron chi connectivity index (χ0n) is 12.9. The van der Waals surface area contributed by atoms with E-state index in [4.69, 9.17) is 0 Å². The van der Waals surface area contributed by atoms with Crippen LogP contribution in [0.4, 0.5) is 14.5 Å². The van der Waals surface area contributed by atoms with E-state index in [2.05, 4.69) is 20.0 Å². The van der Waals surface area contributed by atoms with Gasteiger partial charge in [-0.25, -0.2) is 0 Å². The molecule has 0 saturated carbocycles. The average molecular weight is 346 g/mol. The molecule has 128 valence electrons. The Morgan fingerprint density at radius 2 is 1.96 bits per heavy atom. The van der Waals surface area contributed by atoms with Crippen LogP contribution in [0.5, 0.6) is 0 Å². The maximum atomic E-state index is 12.5. The monoisotopic (exact) mass is 346 g/mol. The van der Waals surface area contributed by atoms with Gasteiger partial charge >= 0.3 is 6.43 Å². The van der Waals surface area contributed by atoms with Gasteiger partial charge in [-0.15, -0.1) is 0 Å². The van der Waals surface area contributed by atoms with Gasteiger partial charge in [0.25, 0.3) is 17.4 Å². The molecule has 0 spiro atoms. The molecule has 1 aromatic carbocycles. The number of nitrogens with zero attached hydrogens (tertiary/aromatic N) is 3.